The standard InChI is InChI=1S/C19H16BrNO4S2/c1-10-15(11-4-6-12(24-2)7-5-11)16(19(23)25-3)18(26-10)21-17(22)13-8-9-14(20)27-13/h4-9H,1-3H3,(H,21,22). The summed E-state index contributed by atoms with van der Waals surface area (Å²) in [6, 6.07) is 10.9. The first-order valence-electron chi connectivity index (χ1n) is 7.87. The molecule has 0 unspecified atom stereocenters. The smallest absolute Gasteiger partial charge is 0.341 e. The van der Waals surface area contributed by atoms with Crippen LogP contribution in [-0.2, 0) is 4.74 Å². The number of rotatable bonds is 5. The number of carbonyl (C=O) groups excluding carboxylic acids is 2. The van der Waals surface area contributed by atoms with E-state index in [4.69, 9.17) is 9.47 Å². The van der Waals surface area contributed by atoms with E-state index in [0.29, 0.717) is 15.4 Å². The molecule has 8 heteroatoms. The van der Waals surface area contributed by atoms with Gasteiger partial charge in [0.1, 0.15) is 16.3 Å². The average Bonchev–Trinajstić information content (AvgIpc) is 3.24. The molecule has 0 aliphatic rings. The van der Waals surface area contributed by atoms with Gasteiger partial charge < -0.3 is 14.8 Å². The maximum atomic E-state index is 12.5. The van der Waals surface area contributed by atoms with Crippen LogP contribution in [-0.4, -0.2) is 26.1 Å². The average molecular weight is 466 g/mol. The number of anilines is 1. The molecule has 1 amide bonds. The summed E-state index contributed by atoms with van der Waals surface area (Å²) in [5.41, 5.74) is 1.95. The number of hydrogen-bond acceptors (Lipinski definition) is 6. The topological polar surface area (TPSA) is 64.6 Å². The summed E-state index contributed by atoms with van der Waals surface area (Å²) in [6.45, 7) is 1.91. The SMILES string of the molecule is COC(=O)c1c(NC(=O)c2ccc(Br)s2)sc(C)c1-c1ccc(OC)cc1. The molecule has 1 aromatic carbocycles. The highest BCUT2D eigenvalue weighted by atomic mass is 79.9. The third kappa shape index (κ3) is 4.07. The highest BCUT2D eigenvalue weighted by Crippen LogP contribution is 2.41. The lowest BCUT2D eigenvalue weighted by Gasteiger charge is -2.08. The molecule has 1 N–H and O–H groups in total. The second-order valence-electron chi connectivity index (χ2n) is 5.52. The number of amides is 1. The number of nitrogens with one attached hydrogen (secondary N) is 1. The van der Waals surface area contributed by atoms with Gasteiger partial charge >= 0.3 is 5.97 Å². The van der Waals surface area contributed by atoms with Crippen LogP contribution < -0.4 is 10.1 Å². The largest absolute Gasteiger partial charge is 0.497 e. The Balaban J connectivity index is 2.04. The minimum Gasteiger partial charge on any atom is -0.497 e. The zero-order valence-corrected chi connectivity index (χ0v) is 18.0. The van der Waals surface area contributed by atoms with Crippen LogP contribution in [0.5, 0.6) is 5.75 Å². The van der Waals surface area contributed by atoms with Gasteiger partial charge in [0.25, 0.3) is 5.91 Å². The number of benzene rings is 1. The fourth-order valence-corrected chi connectivity index (χ4v) is 4.98. The second kappa shape index (κ2) is 8.24. The van der Waals surface area contributed by atoms with E-state index in [0.717, 1.165) is 25.5 Å². The molecule has 3 aromatic rings. The molecule has 2 heterocycles. The van der Waals surface area contributed by atoms with Crippen molar-refractivity contribution in [2.75, 3.05) is 19.5 Å². The van der Waals surface area contributed by atoms with Crippen LogP contribution in [0.4, 0.5) is 5.00 Å². The summed E-state index contributed by atoms with van der Waals surface area (Å²) in [5.74, 6) is -0.0331. The summed E-state index contributed by atoms with van der Waals surface area (Å²) < 4.78 is 11.0. The Labute approximate surface area is 173 Å². The molecular formula is C19H16BrNO4S2. The van der Waals surface area contributed by atoms with Crippen molar-refractivity contribution in [3.8, 4) is 16.9 Å². The van der Waals surface area contributed by atoms with E-state index in [1.54, 1.807) is 13.2 Å². The molecule has 0 aliphatic heterocycles. The molecular weight excluding hydrogens is 450 g/mol. The number of thiophene rings is 2. The fraction of sp³-hybridized carbons (Fsp3) is 0.158. The Bertz CT molecular complexity index is 992. The lowest BCUT2D eigenvalue weighted by molar-refractivity contribution is 0.0603. The van der Waals surface area contributed by atoms with Crippen molar-refractivity contribution in [3.63, 3.8) is 0 Å². The van der Waals surface area contributed by atoms with Crippen molar-refractivity contribution in [3.05, 3.63) is 55.5 Å². The van der Waals surface area contributed by atoms with Gasteiger partial charge in [-0.05, 0) is 52.7 Å². The number of ether oxygens (including phenoxy) is 2. The third-order valence-electron chi connectivity index (χ3n) is 3.88. The molecule has 2 aromatic heterocycles. The molecule has 27 heavy (non-hydrogen) atoms. The van der Waals surface area contributed by atoms with Gasteiger partial charge in [0.2, 0.25) is 0 Å². The van der Waals surface area contributed by atoms with Gasteiger partial charge in [-0.25, -0.2) is 4.79 Å². The predicted molar refractivity (Wildman–Crippen MR) is 112 cm³/mol. The first kappa shape index (κ1) is 19.6. The molecule has 0 spiro atoms. The van der Waals surface area contributed by atoms with Gasteiger partial charge in [-0.3, -0.25) is 4.79 Å². The molecule has 0 saturated heterocycles. The van der Waals surface area contributed by atoms with Gasteiger partial charge in [0.15, 0.2) is 0 Å². The predicted octanol–water partition coefficient (Wildman–Crippen LogP) is 5.60. The molecule has 0 aliphatic carbocycles. The maximum absolute atomic E-state index is 12.5. The van der Waals surface area contributed by atoms with Crippen molar-refractivity contribution in [1.29, 1.82) is 0 Å². The minimum atomic E-state index is -0.493. The molecule has 0 atom stereocenters. The highest BCUT2D eigenvalue weighted by molar-refractivity contribution is 9.11. The second-order valence-corrected chi connectivity index (χ2v) is 9.20. The maximum Gasteiger partial charge on any atom is 0.341 e. The van der Waals surface area contributed by atoms with E-state index in [-0.39, 0.29) is 5.91 Å². The van der Waals surface area contributed by atoms with Gasteiger partial charge in [0.05, 0.1) is 22.9 Å². The number of halogens is 1. The first-order chi connectivity index (χ1) is 12.9. The molecule has 5 nitrogen and oxygen atoms in total. The molecule has 3 rings (SSSR count). The Morgan fingerprint density at radius 2 is 1.74 bits per heavy atom. The van der Waals surface area contributed by atoms with Crippen LogP contribution in [0.15, 0.2) is 40.2 Å². The summed E-state index contributed by atoms with van der Waals surface area (Å²) in [7, 11) is 2.93. The van der Waals surface area contributed by atoms with Crippen LogP contribution in [0.3, 0.4) is 0 Å². The molecule has 140 valence electrons. The van der Waals surface area contributed by atoms with Crippen molar-refractivity contribution < 1.29 is 19.1 Å². The Morgan fingerprint density at radius 3 is 2.30 bits per heavy atom. The van der Waals surface area contributed by atoms with E-state index in [9.17, 15) is 9.59 Å². The summed E-state index contributed by atoms with van der Waals surface area (Å²) in [4.78, 5) is 26.5. The Kier molecular flexibility index (Phi) is 5.98. The van der Waals surface area contributed by atoms with Crippen LogP contribution in [0.25, 0.3) is 11.1 Å². The van der Waals surface area contributed by atoms with Gasteiger partial charge in [0, 0.05) is 10.4 Å². The summed E-state index contributed by atoms with van der Waals surface area (Å²) in [5, 5.41) is 3.32. The van der Waals surface area contributed by atoms with Crippen molar-refractivity contribution in [1.82, 2.24) is 0 Å². The van der Waals surface area contributed by atoms with E-state index in [1.165, 1.54) is 29.8 Å². The minimum absolute atomic E-state index is 0.265. The summed E-state index contributed by atoms with van der Waals surface area (Å²) >= 11 is 6.02. The zero-order chi connectivity index (χ0) is 19.6. The third-order valence-corrected chi connectivity index (χ3v) is 6.52. The molecule has 0 bridgehead atoms. The van der Waals surface area contributed by atoms with E-state index in [1.807, 2.05) is 37.3 Å². The van der Waals surface area contributed by atoms with E-state index >= 15 is 0 Å². The quantitative estimate of drug-likeness (QED) is 0.498. The van der Waals surface area contributed by atoms with Crippen molar-refractivity contribution in [2.45, 2.75) is 6.92 Å². The first-order valence-corrected chi connectivity index (χ1v) is 10.3. The number of carbonyl (C=O) groups is 2. The van der Waals surface area contributed by atoms with Crippen LogP contribution in [0.1, 0.15) is 24.9 Å². The monoisotopic (exact) mass is 465 g/mol. The van der Waals surface area contributed by atoms with Crippen molar-refractivity contribution in [2.24, 2.45) is 0 Å². The van der Waals surface area contributed by atoms with E-state index < -0.39 is 5.97 Å². The van der Waals surface area contributed by atoms with Crippen LogP contribution >= 0.6 is 38.6 Å². The molecule has 0 saturated carbocycles. The number of hydrogen-bond donors (Lipinski definition) is 1. The highest BCUT2D eigenvalue weighted by Gasteiger charge is 2.25. The van der Waals surface area contributed by atoms with E-state index in [2.05, 4.69) is 21.2 Å². The van der Waals surface area contributed by atoms with Gasteiger partial charge in [-0.15, -0.1) is 22.7 Å². The lowest BCUT2D eigenvalue weighted by Crippen LogP contribution is -2.13. The van der Waals surface area contributed by atoms with Gasteiger partial charge in [-0.2, -0.15) is 0 Å². The van der Waals surface area contributed by atoms with Gasteiger partial charge in [-0.1, -0.05) is 12.1 Å². The number of esters is 1. The fourth-order valence-electron chi connectivity index (χ4n) is 2.64. The van der Waals surface area contributed by atoms with Crippen molar-refractivity contribution >= 4 is 55.5 Å². The van der Waals surface area contributed by atoms with Crippen LogP contribution in [0, 0.1) is 6.92 Å². The molecule has 0 fully saturated rings. The molecule has 0 radical (unpaired) electrons. The Hall–Kier alpha value is -2.16. The van der Waals surface area contributed by atoms with Crippen LogP contribution in [0.2, 0.25) is 0 Å². The number of methoxy groups -OCH3 is 2. The number of aryl methyl sites for hydroxylation is 1. The summed E-state index contributed by atoms with van der Waals surface area (Å²) in [6.07, 6.45) is 0. The zero-order valence-electron chi connectivity index (χ0n) is 14.8. The lowest BCUT2D eigenvalue weighted by atomic mass is 10.0. The Morgan fingerprint density at radius 1 is 1.04 bits per heavy atom. The normalized spacial score (nSPS) is 10.5.